The van der Waals surface area contributed by atoms with Crippen LogP contribution in [0.2, 0.25) is 19.6 Å². The van der Waals surface area contributed by atoms with Gasteiger partial charge >= 0.3 is 0 Å². The molecule has 0 spiro atoms. The van der Waals surface area contributed by atoms with E-state index in [0.29, 0.717) is 0 Å². The van der Waals surface area contributed by atoms with Crippen molar-refractivity contribution in [1.29, 1.82) is 0 Å². The molecule has 0 saturated heterocycles. The molecule has 0 N–H and O–H groups in total. The fraction of sp³-hybridized carbons (Fsp3) is 0.0968. The van der Waals surface area contributed by atoms with Gasteiger partial charge in [-0.2, -0.15) is 0 Å². The zero-order valence-corrected chi connectivity index (χ0v) is 19.7. The summed E-state index contributed by atoms with van der Waals surface area (Å²) in [4.78, 5) is 0. The van der Waals surface area contributed by atoms with E-state index in [1.54, 1.807) is 0 Å². The molecule has 0 heterocycles. The molecular weight excluding hydrogens is 400 g/mol. The summed E-state index contributed by atoms with van der Waals surface area (Å²) in [5, 5.41) is 13.0. The van der Waals surface area contributed by atoms with Gasteiger partial charge in [0.2, 0.25) is 0 Å². The SMILES string of the molecule is C[Si](C)(C)C#Cc1ccc2c(ccc3c2ccc2c4ccc5ccccc5c4ccc32)c1. The summed E-state index contributed by atoms with van der Waals surface area (Å²) in [7, 11) is -1.38. The van der Waals surface area contributed by atoms with Crippen LogP contribution in [0.1, 0.15) is 5.56 Å². The molecule has 0 saturated carbocycles. The fourth-order valence-corrected chi connectivity index (χ4v) is 5.32. The van der Waals surface area contributed by atoms with Crippen LogP contribution in [0.3, 0.4) is 0 Å². The Morgan fingerprint density at radius 3 is 1.56 bits per heavy atom. The molecule has 6 aromatic carbocycles. The maximum atomic E-state index is 3.48. The quantitative estimate of drug-likeness (QED) is 0.130. The van der Waals surface area contributed by atoms with Gasteiger partial charge in [-0.1, -0.05) is 104 Å². The van der Waals surface area contributed by atoms with E-state index in [0.717, 1.165) is 5.56 Å². The van der Waals surface area contributed by atoms with Crippen molar-refractivity contribution in [2.75, 3.05) is 0 Å². The largest absolute Gasteiger partial charge is 0.129 e. The molecule has 0 nitrogen and oxygen atoms in total. The van der Waals surface area contributed by atoms with Crippen LogP contribution < -0.4 is 0 Å². The number of rotatable bonds is 0. The number of hydrogen-bond donors (Lipinski definition) is 0. The summed E-state index contributed by atoms with van der Waals surface area (Å²) in [6.45, 7) is 6.85. The van der Waals surface area contributed by atoms with E-state index >= 15 is 0 Å². The number of benzene rings is 6. The fourth-order valence-electron chi connectivity index (χ4n) is 4.80. The monoisotopic (exact) mass is 424 g/mol. The lowest BCUT2D eigenvalue weighted by atomic mass is 9.92. The second kappa shape index (κ2) is 6.95. The standard InChI is InChI=1S/C31H24Si/c1-32(2,3)19-18-21-8-11-25-23(20-21)10-13-29-27(25)15-17-30-28-12-9-22-6-4-5-7-24(22)26(28)14-16-31(29)30/h4-17,20H,1-3H3. The van der Waals surface area contributed by atoms with E-state index in [4.69, 9.17) is 0 Å². The van der Waals surface area contributed by atoms with Gasteiger partial charge < -0.3 is 0 Å². The van der Waals surface area contributed by atoms with Crippen molar-refractivity contribution in [2.45, 2.75) is 19.6 Å². The predicted molar refractivity (Wildman–Crippen MR) is 144 cm³/mol. The average Bonchev–Trinajstić information content (AvgIpc) is 2.81. The molecule has 0 aliphatic carbocycles. The van der Waals surface area contributed by atoms with Gasteiger partial charge in [0, 0.05) is 5.56 Å². The molecule has 0 aliphatic heterocycles. The Hall–Kier alpha value is -3.60. The Bertz CT molecular complexity index is 1760. The third kappa shape index (κ3) is 3.08. The lowest BCUT2D eigenvalue weighted by Crippen LogP contribution is -2.16. The second-order valence-corrected chi connectivity index (χ2v) is 14.5. The molecule has 6 rings (SSSR count). The number of fused-ring (bicyclic) bond motifs is 9. The van der Waals surface area contributed by atoms with Gasteiger partial charge in [-0.3, -0.25) is 0 Å². The molecule has 0 radical (unpaired) electrons. The van der Waals surface area contributed by atoms with E-state index in [-0.39, 0.29) is 0 Å². The minimum Gasteiger partial charge on any atom is -0.127 e. The van der Waals surface area contributed by atoms with Crippen LogP contribution >= 0.6 is 0 Å². The Morgan fingerprint density at radius 2 is 0.938 bits per heavy atom. The first-order valence-electron chi connectivity index (χ1n) is 11.2. The van der Waals surface area contributed by atoms with Crippen LogP contribution in [0.5, 0.6) is 0 Å². The zero-order chi connectivity index (χ0) is 21.9. The highest BCUT2D eigenvalue weighted by molar-refractivity contribution is 6.83. The number of hydrogen-bond acceptors (Lipinski definition) is 0. The summed E-state index contributed by atoms with van der Waals surface area (Å²) in [6, 6.07) is 33.5. The summed E-state index contributed by atoms with van der Waals surface area (Å²) in [5.41, 5.74) is 4.59. The molecule has 0 amide bonds. The predicted octanol–water partition coefficient (Wildman–Crippen LogP) is 8.68. The van der Waals surface area contributed by atoms with Crippen molar-refractivity contribution in [3.63, 3.8) is 0 Å². The highest BCUT2D eigenvalue weighted by Gasteiger charge is 2.10. The first kappa shape index (κ1) is 19.1. The maximum Gasteiger partial charge on any atom is 0.129 e. The Labute approximate surface area is 189 Å². The minimum absolute atomic E-state index is 1.11. The van der Waals surface area contributed by atoms with Crippen molar-refractivity contribution in [2.24, 2.45) is 0 Å². The lowest BCUT2D eigenvalue weighted by molar-refractivity contribution is 1.72. The normalized spacial score (nSPS) is 12.0. The summed E-state index contributed by atoms with van der Waals surface area (Å²) >= 11 is 0. The highest BCUT2D eigenvalue weighted by atomic mass is 28.3. The molecule has 0 unspecified atom stereocenters. The van der Waals surface area contributed by atoms with Gasteiger partial charge in [-0.25, -0.2) is 0 Å². The minimum atomic E-state index is -1.38. The van der Waals surface area contributed by atoms with E-state index in [2.05, 4.69) is 122 Å². The molecule has 1 heteroatoms. The van der Waals surface area contributed by atoms with E-state index in [1.165, 1.54) is 53.9 Å². The Kier molecular flexibility index (Phi) is 4.15. The van der Waals surface area contributed by atoms with Crippen LogP contribution in [0, 0.1) is 11.5 Å². The molecule has 0 aromatic heterocycles. The van der Waals surface area contributed by atoms with Gasteiger partial charge in [0.25, 0.3) is 0 Å². The van der Waals surface area contributed by atoms with Crippen molar-refractivity contribution < 1.29 is 0 Å². The molecule has 0 atom stereocenters. The average molecular weight is 425 g/mol. The molecule has 6 aromatic rings. The zero-order valence-electron chi connectivity index (χ0n) is 18.7. The van der Waals surface area contributed by atoms with Crippen molar-refractivity contribution in [3.8, 4) is 11.5 Å². The third-order valence-corrected chi connectivity index (χ3v) is 7.19. The lowest BCUT2D eigenvalue weighted by Gasteiger charge is -2.11. The molecule has 152 valence electrons. The molecule has 0 aliphatic rings. The molecule has 0 bridgehead atoms. The van der Waals surface area contributed by atoms with Crippen molar-refractivity contribution in [1.82, 2.24) is 0 Å². The first-order valence-corrected chi connectivity index (χ1v) is 14.7. The highest BCUT2D eigenvalue weighted by Crippen LogP contribution is 2.36. The summed E-state index contributed by atoms with van der Waals surface area (Å²) in [5.74, 6) is 3.40. The smallest absolute Gasteiger partial charge is 0.127 e. The van der Waals surface area contributed by atoms with Crippen molar-refractivity contribution in [3.05, 3.63) is 96.6 Å². The second-order valence-electron chi connectivity index (χ2n) is 9.70. The van der Waals surface area contributed by atoms with Crippen LogP contribution in [-0.4, -0.2) is 8.07 Å². The van der Waals surface area contributed by atoms with Gasteiger partial charge in [0.15, 0.2) is 0 Å². The topological polar surface area (TPSA) is 0 Å². The maximum absolute atomic E-state index is 3.48. The first-order chi connectivity index (χ1) is 15.5. The molecular formula is C31H24Si. The van der Waals surface area contributed by atoms with E-state index < -0.39 is 8.07 Å². The summed E-state index contributed by atoms with van der Waals surface area (Å²) < 4.78 is 0. The van der Waals surface area contributed by atoms with E-state index in [1.807, 2.05) is 0 Å². The Morgan fingerprint density at radius 1 is 0.469 bits per heavy atom. The van der Waals surface area contributed by atoms with Crippen molar-refractivity contribution >= 4 is 61.9 Å². The Balaban J connectivity index is 1.60. The van der Waals surface area contributed by atoms with Crippen LogP contribution in [0.25, 0.3) is 53.9 Å². The summed E-state index contributed by atoms with van der Waals surface area (Å²) in [6.07, 6.45) is 0. The van der Waals surface area contributed by atoms with Gasteiger partial charge in [-0.15, -0.1) is 5.54 Å². The third-order valence-electron chi connectivity index (χ3n) is 6.32. The van der Waals surface area contributed by atoms with Crippen LogP contribution in [0.4, 0.5) is 0 Å². The van der Waals surface area contributed by atoms with Gasteiger partial charge in [-0.05, 0) is 66.0 Å². The van der Waals surface area contributed by atoms with Crippen LogP contribution in [-0.2, 0) is 0 Å². The molecule has 0 fully saturated rings. The van der Waals surface area contributed by atoms with Gasteiger partial charge in [0.1, 0.15) is 8.07 Å². The van der Waals surface area contributed by atoms with Crippen LogP contribution in [0.15, 0.2) is 91.0 Å². The molecule has 32 heavy (non-hydrogen) atoms. The van der Waals surface area contributed by atoms with Gasteiger partial charge in [0.05, 0.1) is 0 Å². The van der Waals surface area contributed by atoms with E-state index in [9.17, 15) is 0 Å².